The van der Waals surface area contributed by atoms with Gasteiger partial charge in [-0.2, -0.15) is 31.0 Å². The van der Waals surface area contributed by atoms with E-state index in [2.05, 4.69) is 199 Å². The zero-order valence-electron chi connectivity index (χ0n) is 40.8. The van der Waals surface area contributed by atoms with E-state index < -0.39 is 8.07 Å². The minimum Gasteiger partial charge on any atom is -0.469 e. The average Bonchev–Trinajstić information content (AvgIpc) is 3.95. The largest absolute Gasteiger partial charge is 0.469 e. The van der Waals surface area contributed by atoms with E-state index in [-0.39, 0.29) is 20.1 Å². The number of aryl methyl sites for hydroxylation is 4. The minimum atomic E-state index is -1.46. The Balaban J connectivity index is 0.000000183. The molecule has 1 aliphatic carbocycles. The summed E-state index contributed by atoms with van der Waals surface area (Å²) in [5.74, 6) is 0.838. The Morgan fingerprint density at radius 2 is 1.12 bits per heavy atom. The third-order valence-corrected chi connectivity index (χ3v) is 15.8. The van der Waals surface area contributed by atoms with Crippen LogP contribution in [-0.4, -0.2) is 13.1 Å². The third-order valence-electron chi connectivity index (χ3n) is 13.7. The monoisotopic (exact) mass is 1090 g/mol. The van der Waals surface area contributed by atoms with E-state index in [0.29, 0.717) is 0 Å². The second-order valence-electron chi connectivity index (χ2n) is 19.9. The summed E-state index contributed by atoms with van der Waals surface area (Å²) in [5, 5.41) is 3.72. The Labute approximate surface area is 419 Å². The predicted octanol–water partition coefficient (Wildman–Crippen LogP) is 14.7. The van der Waals surface area contributed by atoms with Gasteiger partial charge in [0.25, 0.3) is 0 Å². The number of furan rings is 1. The molecule has 0 saturated heterocycles. The van der Waals surface area contributed by atoms with Crippen molar-refractivity contribution < 1.29 is 33.7 Å². The first-order chi connectivity index (χ1) is 32.1. The molecule has 0 unspecified atom stereocenters. The van der Waals surface area contributed by atoms with Crippen molar-refractivity contribution >= 4 is 35.2 Å². The average molecular weight is 1090 g/mol. The molecule has 0 amide bonds. The molecule has 6 heteroatoms. The van der Waals surface area contributed by atoms with Crippen LogP contribution in [0, 0.1) is 61.6 Å². The van der Waals surface area contributed by atoms with Gasteiger partial charge in [-0.05, 0) is 97.3 Å². The number of hydrogen-bond acceptors (Lipinski definition) is 2. The molecule has 4 heterocycles. The minimum absolute atomic E-state index is 0. The van der Waals surface area contributed by atoms with Crippen LogP contribution in [0.2, 0.25) is 19.6 Å². The van der Waals surface area contributed by atoms with E-state index in [9.17, 15) is 0 Å². The summed E-state index contributed by atoms with van der Waals surface area (Å²) < 4.78 is 10.3. The molecule has 5 aromatic carbocycles. The smallest absolute Gasteiger partial charge is 0.134 e. The molecule has 10 rings (SSSR count). The third kappa shape index (κ3) is 9.96. The predicted molar refractivity (Wildman–Crippen MR) is 284 cm³/mol. The molecule has 1 radical (unpaired) electrons. The zero-order chi connectivity index (χ0) is 47.1. The van der Waals surface area contributed by atoms with Crippen LogP contribution in [0.15, 0.2) is 144 Å². The van der Waals surface area contributed by atoms with Gasteiger partial charge in [0.1, 0.15) is 5.58 Å². The first-order valence-corrected chi connectivity index (χ1v) is 27.2. The van der Waals surface area contributed by atoms with Crippen molar-refractivity contribution in [3.05, 3.63) is 207 Å². The second kappa shape index (κ2) is 19.7. The number of rotatable bonds is 8. The maximum absolute atomic E-state index is 6.30. The number of fused-ring (bicyclic) bond motifs is 3. The normalized spacial score (nSPS) is 12.8. The molecule has 4 aromatic heterocycles. The van der Waals surface area contributed by atoms with Crippen molar-refractivity contribution in [3.63, 3.8) is 0 Å². The Bertz CT molecular complexity index is 3270. The summed E-state index contributed by atoms with van der Waals surface area (Å²) in [6.07, 6.45) is 11.2. The van der Waals surface area contributed by atoms with Crippen molar-refractivity contribution in [1.29, 1.82) is 0 Å². The first-order valence-electron chi connectivity index (χ1n) is 23.7. The number of nitrogens with zero attached hydrogens (tertiary/aromatic N) is 3. The van der Waals surface area contributed by atoms with Crippen LogP contribution >= 0.6 is 0 Å². The number of aromatic nitrogens is 3. The number of hydrogen-bond donors (Lipinski definition) is 0. The van der Waals surface area contributed by atoms with E-state index >= 15 is 0 Å². The van der Waals surface area contributed by atoms with Gasteiger partial charge in [-0.15, -0.1) is 29.3 Å². The van der Waals surface area contributed by atoms with Gasteiger partial charge in [0.05, 0.1) is 37.4 Å². The Morgan fingerprint density at radius 3 is 1.76 bits per heavy atom. The summed E-state index contributed by atoms with van der Waals surface area (Å²) in [4.78, 5) is 4.50. The van der Waals surface area contributed by atoms with Crippen molar-refractivity contribution in [2.24, 2.45) is 5.92 Å². The van der Waals surface area contributed by atoms with E-state index in [1.165, 1.54) is 76.7 Å². The SMILES string of the molecule is [CH2-]c1cc(-c2ccccc2)c(C)cc1-c1cc(CC2CCCC2)c([Si](C)(C)C)c[n+]1[CH2-].[CH2-]c1cc2oc3cc(-c4cc(C)nc(C)c4)ccc3c2cc1-c1cc(C)c(-c2ccccc2)c[n+]1[CH2-].[Ir]. The Morgan fingerprint density at radius 1 is 0.559 bits per heavy atom. The topological polar surface area (TPSA) is 33.8 Å². The van der Waals surface area contributed by atoms with Gasteiger partial charge >= 0.3 is 0 Å². The molecule has 0 spiro atoms. The number of benzene rings is 5. The van der Waals surface area contributed by atoms with E-state index in [1.807, 2.05) is 30.5 Å². The summed E-state index contributed by atoms with van der Waals surface area (Å²) in [6.45, 7) is 24.5. The fraction of sp³-hybridized carbons (Fsp3) is 0.210. The second-order valence-corrected chi connectivity index (χ2v) is 24.9. The molecule has 0 aliphatic heterocycles. The molecule has 0 atom stereocenters. The van der Waals surface area contributed by atoms with Crippen LogP contribution in [0.5, 0.6) is 0 Å². The van der Waals surface area contributed by atoms with Gasteiger partial charge in [0, 0.05) is 56.4 Å². The molecule has 1 saturated carbocycles. The van der Waals surface area contributed by atoms with Crippen molar-refractivity contribution in [2.45, 2.75) is 79.4 Å². The van der Waals surface area contributed by atoms with Gasteiger partial charge in [0.2, 0.25) is 0 Å². The van der Waals surface area contributed by atoms with E-state index in [4.69, 9.17) is 4.42 Å². The van der Waals surface area contributed by atoms with Crippen molar-refractivity contribution in [1.82, 2.24) is 4.98 Å². The molecular formula is C62H63IrN3OSi-2. The Kier molecular flexibility index (Phi) is 14.0. The summed E-state index contributed by atoms with van der Waals surface area (Å²) in [5.41, 5.74) is 21.3. The van der Waals surface area contributed by atoms with Crippen LogP contribution in [0.1, 0.15) is 64.9 Å². The first kappa shape index (κ1) is 48.2. The molecular weight excluding hydrogens is 1020 g/mol. The van der Waals surface area contributed by atoms with Crippen molar-refractivity contribution in [2.75, 3.05) is 0 Å². The van der Waals surface area contributed by atoms with Crippen LogP contribution in [0.4, 0.5) is 0 Å². The maximum atomic E-state index is 6.30. The fourth-order valence-corrected chi connectivity index (χ4v) is 12.0. The van der Waals surface area contributed by atoms with Gasteiger partial charge < -0.3 is 13.6 Å². The van der Waals surface area contributed by atoms with Crippen molar-refractivity contribution in [3.8, 4) is 55.9 Å². The van der Waals surface area contributed by atoms with Crippen LogP contribution in [0.3, 0.4) is 0 Å². The maximum Gasteiger partial charge on any atom is 0.134 e. The van der Waals surface area contributed by atoms with Gasteiger partial charge in [-0.25, -0.2) is 0 Å². The molecule has 1 fully saturated rings. The zero-order valence-corrected chi connectivity index (χ0v) is 44.2. The standard InChI is InChI=1S/C33H27N2O.C29H36NSi.Ir/c1-20-13-31(35(5)19-30(20)24-9-7-6-8-10-24)28-18-29-27-12-11-25(26-15-22(3)34-23(4)16-26)17-33(27)36-32(29)14-21(28)2;1-21-17-27(22(2)16-26(21)24-14-8-7-9-15-24)28-19-25(18-23-12-10-11-13-23)29(20-30(28)3)31(4,5)6;/h6-19H,2,5H2,1,3-4H3;7-9,14-17,19-20,23H,2-3,10-13,18H2,1,4-6H3;/q2*-1;. The van der Waals surface area contributed by atoms with Crippen LogP contribution in [0.25, 0.3) is 77.8 Å². The molecule has 4 nitrogen and oxygen atoms in total. The molecule has 1 aliphatic rings. The van der Waals surface area contributed by atoms with Gasteiger partial charge in [0.15, 0.2) is 0 Å². The number of pyridine rings is 3. The van der Waals surface area contributed by atoms with Gasteiger partial charge in [-0.3, -0.25) is 4.98 Å². The van der Waals surface area contributed by atoms with Crippen LogP contribution < -0.4 is 14.3 Å². The summed E-state index contributed by atoms with van der Waals surface area (Å²) >= 11 is 0. The molecule has 0 bridgehead atoms. The fourth-order valence-electron chi connectivity index (χ4n) is 10.3. The molecule has 0 N–H and O–H groups in total. The molecule has 9 aromatic rings. The quantitative estimate of drug-likeness (QED) is 0.0863. The Hall–Kier alpha value is -6.30. The van der Waals surface area contributed by atoms with Crippen LogP contribution in [-0.2, 0) is 26.5 Å². The summed E-state index contributed by atoms with van der Waals surface area (Å²) in [6, 6.07) is 45.0. The van der Waals surface area contributed by atoms with E-state index in [0.717, 1.165) is 72.8 Å². The van der Waals surface area contributed by atoms with Gasteiger partial charge in [-0.1, -0.05) is 146 Å². The summed E-state index contributed by atoms with van der Waals surface area (Å²) in [7, 11) is 7.26. The van der Waals surface area contributed by atoms with E-state index in [1.54, 1.807) is 10.8 Å². The molecule has 347 valence electrons. The molecule has 68 heavy (non-hydrogen) atoms.